The van der Waals surface area contributed by atoms with Crippen molar-refractivity contribution >= 4 is 13.3 Å². The van der Waals surface area contributed by atoms with Crippen LogP contribution >= 0.6 is 0 Å². The summed E-state index contributed by atoms with van der Waals surface area (Å²) < 4.78 is 0. The Morgan fingerprint density at radius 2 is 1.86 bits per heavy atom. The molecule has 4 rings (SSSR count). The van der Waals surface area contributed by atoms with Crippen molar-refractivity contribution in [2.24, 2.45) is 0 Å². The van der Waals surface area contributed by atoms with Crippen LogP contribution < -0.4 is 5.19 Å². The number of aromatic nitrogens is 1. The molecule has 0 bridgehead atoms. The first-order valence-electron chi connectivity index (χ1n) is 7.84. The quantitative estimate of drug-likeness (QED) is 0.455. The van der Waals surface area contributed by atoms with Gasteiger partial charge in [-0.3, -0.25) is 0 Å². The second kappa shape index (κ2) is 6.16. The van der Waals surface area contributed by atoms with Crippen molar-refractivity contribution in [2.45, 2.75) is 43.8 Å². The van der Waals surface area contributed by atoms with Gasteiger partial charge in [-0.15, -0.1) is 35.9 Å². The monoisotopic (exact) mass is 471 g/mol. The van der Waals surface area contributed by atoms with Gasteiger partial charge in [-0.25, -0.2) is 0 Å². The number of hydrogen-bond acceptors (Lipinski definition) is 1. The predicted octanol–water partition coefficient (Wildman–Crippen LogP) is 3.94. The Morgan fingerprint density at radius 1 is 1.05 bits per heavy atom. The molecule has 111 valence electrons. The van der Waals surface area contributed by atoms with E-state index in [1.54, 1.807) is 10.8 Å². The van der Waals surface area contributed by atoms with Crippen molar-refractivity contribution in [3.63, 3.8) is 0 Å². The molecule has 0 amide bonds. The molecule has 0 atom stereocenters. The van der Waals surface area contributed by atoms with Crippen LogP contribution in [0.1, 0.15) is 24.8 Å². The summed E-state index contributed by atoms with van der Waals surface area (Å²) in [7, 11) is -1.14. The second-order valence-electron chi connectivity index (χ2n) is 6.34. The van der Waals surface area contributed by atoms with E-state index in [1.807, 2.05) is 12.1 Å². The van der Waals surface area contributed by atoms with E-state index in [2.05, 4.69) is 30.5 Å². The Kier molecular flexibility index (Phi) is 4.44. The van der Waals surface area contributed by atoms with Crippen LogP contribution in [-0.2, 0) is 26.5 Å². The molecule has 0 aliphatic carbocycles. The van der Waals surface area contributed by atoms with Crippen LogP contribution in [0.2, 0.25) is 18.1 Å². The van der Waals surface area contributed by atoms with Crippen LogP contribution in [-0.4, -0.2) is 13.1 Å². The van der Waals surface area contributed by atoms with Crippen LogP contribution in [0.25, 0.3) is 11.3 Å². The van der Waals surface area contributed by atoms with E-state index in [9.17, 15) is 0 Å². The molecule has 1 saturated heterocycles. The van der Waals surface area contributed by atoms with Gasteiger partial charge in [0, 0.05) is 26.3 Å². The van der Waals surface area contributed by atoms with Crippen molar-refractivity contribution in [3.8, 4) is 11.3 Å². The van der Waals surface area contributed by atoms with Gasteiger partial charge in [-0.05, 0) is 17.3 Å². The standard InChI is InChI=1S/C18H20NSi.Ir/c1-2-7-15(8-3-1)17-13-16-9-6-12-20(10-4-5-11-20)18(16)14-19-17;/h1-3,7,13-14H,4-6,9-12H2;/q-1;. The molecule has 3 heteroatoms. The number of hydrogen-bond donors (Lipinski definition) is 0. The zero-order valence-corrected chi connectivity index (χ0v) is 15.6. The first-order valence-corrected chi connectivity index (χ1v) is 10.5. The van der Waals surface area contributed by atoms with Crippen molar-refractivity contribution in [1.29, 1.82) is 0 Å². The van der Waals surface area contributed by atoms with Crippen molar-refractivity contribution < 1.29 is 20.1 Å². The minimum atomic E-state index is -1.14. The third-order valence-corrected chi connectivity index (χ3v) is 10.7. The van der Waals surface area contributed by atoms with Crippen LogP contribution in [0.5, 0.6) is 0 Å². The summed E-state index contributed by atoms with van der Waals surface area (Å²) in [5.74, 6) is 0. The Hall–Kier alpha value is -0.764. The molecule has 2 aliphatic rings. The van der Waals surface area contributed by atoms with Crippen LogP contribution in [0.15, 0.2) is 36.5 Å². The summed E-state index contributed by atoms with van der Waals surface area (Å²) in [5.41, 5.74) is 3.84. The van der Waals surface area contributed by atoms with Crippen molar-refractivity contribution in [2.75, 3.05) is 0 Å². The third-order valence-electron chi connectivity index (χ3n) is 5.21. The third kappa shape index (κ3) is 2.67. The van der Waals surface area contributed by atoms with Gasteiger partial charge in [0.1, 0.15) is 0 Å². The maximum absolute atomic E-state index is 4.78. The molecule has 2 aliphatic heterocycles. The first kappa shape index (κ1) is 15.1. The number of rotatable bonds is 1. The average molecular weight is 471 g/mol. The number of fused-ring (bicyclic) bond motifs is 2. The molecule has 1 fully saturated rings. The van der Waals surface area contributed by atoms with Gasteiger partial charge >= 0.3 is 0 Å². The molecule has 1 spiro atoms. The molecule has 0 N–H and O–H groups in total. The zero-order valence-electron chi connectivity index (χ0n) is 12.2. The molecule has 1 nitrogen and oxygen atoms in total. The fourth-order valence-electron chi connectivity index (χ4n) is 4.20. The molecule has 1 aromatic carbocycles. The smallest absolute Gasteiger partial charge is 0.0890 e. The fourth-order valence-corrected chi connectivity index (χ4v) is 9.69. The molecule has 0 saturated carbocycles. The SMILES string of the molecule is [Ir].[c-]1ccccc1-c1cc2c(cn1)[Si]1(CCCC1)CCC2. The van der Waals surface area contributed by atoms with E-state index >= 15 is 0 Å². The Bertz CT molecular complexity index is 620. The van der Waals surface area contributed by atoms with Crippen LogP contribution in [0, 0.1) is 6.07 Å². The summed E-state index contributed by atoms with van der Waals surface area (Å²) in [4.78, 5) is 4.78. The molecule has 1 radical (unpaired) electrons. The van der Waals surface area contributed by atoms with Crippen LogP contribution in [0.3, 0.4) is 0 Å². The van der Waals surface area contributed by atoms with Gasteiger partial charge < -0.3 is 4.98 Å². The maximum Gasteiger partial charge on any atom is 0.0890 e. The fraction of sp³-hybridized carbons (Fsp3) is 0.389. The number of aryl methyl sites for hydroxylation is 1. The topological polar surface area (TPSA) is 12.9 Å². The zero-order chi connectivity index (χ0) is 13.4. The number of nitrogens with zero attached hydrogens (tertiary/aromatic N) is 1. The van der Waals surface area contributed by atoms with Gasteiger partial charge in [-0.2, -0.15) is 0 Å². The van der Waals surface area contributed by atoms with E-state index in [4.69, 9.17) is 4.98 Å². The summed E-state index contributed by atoms with van der Waals surface area (Å²) in [6.45, 7) is 0. The van der Waals surface area contributed by atoms with Gasteiger partial charge in [0.2, 0.25) is 0 Å². The largest absolute Gasteiger partial charge is 0.305 e. The molecule has 21 heavy (non-hydrogen) atoms. The summed E-state index contributed by atoms with van der Waals surface area (Å²) in [6, 6.07) is 18.4. The van der Waals surface area contributed by atoms with Gasteiger partial charge in [0.15, 0.2) is 0 Å². The van der Waals surface area contributed by atoms with E-state index < -0.39 is 8.07 Å². The number of benzene rings is 1. The maximum atomic E-state index is 4.78. The summed E-state index contributed by atoms with van der Waals surface area (Å²) in [5, 5.41) is 1.70. The predicted molar refractivity (Wildman–Crippen MR) is 85.9 cm³/mol. The molecule has 2 aromatic rings. The van der Waals surface area contributed by atoms with E-state index in [0.29, 0.717) is 0 Å². The molecule has 3 heterocycles. The Balaban J connectivity index is 0.00000132. The van der Waals surface area contributed by atoms with E-state index in [0.717, 1.165) is 11.3 Å². The normalized spacial score (nSPS) is 19.0. The van der Waals surface area contributed by atoms with E-state index in [1.165, 1.54) is 43.8 Å². The van der Waals surface area contributed by atoms with Crippen LogP contribution in [0.4, 0.5) is 0 Å². The molecular formula is C18H20IrNSi-. The molecule has 0 unspecified atom stereocenters. The second-order valence-corrected chi connectivity index (χ2v) is 10.9. The average Bonchev–Trinajstić information content (AvgIpc) is 2.97. The Morgan fingerprint density at radius 3 is 2.62 bits per heavy atom. The van der Waals surface area contributed by atoms with Crippen molar-refractivity contribution in [1.82, 2.24) is 4.98 Å². The Labute approximate surface area is 141 Å². The van der Waals surface area contributed by atoms with Gasteiger partial charge in [-0.1, -0.05) is 49.0 Å². The summed E-state index contributed by atoms with van der Waals surface area (Å²) >= 11 is 0. The van der Waals surface area contributed by atoms with Gasteiger partial charge in [0.05, 0.1) is 8.07 Å². The van der Waals surface area contributed by atoms with Crippen molar-refractivity contribution in [3.05, 3.63) is 48.2 Å². The molecular weight excluding hydrogens is 451 g/mol. The number of pyridine rings is 1. The first-order chi connectivity index (χ1) is 9.87. The molecule has 1 aromatic heterocycles. The summed E-state index contributed by atoms with van der Waals surface area (Å²) in [6.07, 6.45) is 7.82. The van der Waals surface area contributed by atoms with Gasteiger partial charge in [0.25, 0.3) is 0 Å². The minimum Gasteiger partial charge on any atom is -0.305 e. The van der Waals surface area contributed by atoms with E-state index in [-0.39, 0.29) is 20.1 Å². The minimum absolute atomic E-state index is 0.